The van der Waals surface area contributed by atoms with Crippen molar-refractivity contribution in [3.63, 3.8) is 0 Å². The number of pyridine rings is 1. The van der Waals surface area contributed by atoms with Crippen molar-refractivity contribution in [3.8, 4) is 0 Å². The van der Waals surface area contributed by atoms with Crippen LogP contribution in [0, 0.1) is 0 Å². The number of allylic oxidation sites excluding steroid dienone is 6. The fourth-order valence-electron chi connectivity index (χ4n) is 4.64. The Morgan fingerprint density at radius 3 is 2.03 bits per heavy atom. The van der Waals surface area contributed by atoms with E-state index in [0.717, 1.165) is 32.0 Å². The molecule has 2 fully saturated rings. The van der Waals surface area contributed by atoms with Crippen molar-refractivity contribution in [2.75, 3.05) is 54.0 Å². The first-order valence-electron chi connectivity index (χ1n) is 13.2. The fraction of sp³-hybridized carbons (Fsp3) is 0.481. The number of piperazine rings is 1. The Balaban J connectivity index is 0.00000172. The van der Waals surface area contributed by atoms with Crippen molar-refractivity contribution < 1.29 is 22.0 Å². The highest BCUT2D eigenvalue weighted by Gasteiger charge is 2.36. The molecule has 2 aromatic heterocycles. The standard InChI is InChI=1S/C25H26F5N7.C2H6/c26-17-5-3-6-18(20(27)9-8-17)21-32-23(36-11-1-2-12-36)34-24(33-21)37-15-13-35(14-16-37)22-19(25(28,29)30)7-4-10-31-22;1-2/h4-7,9-10H,1-3,8,11-16H2;1-2H3/b17-5+,18-6?,20-9+;. The molecule has 1 aliphatic carbocycles. The van der Waals surface area contributed by atoms with Gasteiger partial charge >= 0.3 is 6.18 Å². The molecule has 12 heteroatoms. The van der Waals surface area contributed by atoms with Gasteiger partial charge in [-0.3, -0.25) is 0 Å². The maximum absolute atomic E-state index is 15.0. The monoisotopic (exact) mass is 549 g/mol. The SMILES string of the molecule is CC.F/C1=C/CC=C(c2nc(N3CCCC3)nc(N3CCN(c4ncccc4C(F)(F)F)CC3)n2)/C(F)=C\C1. The molecule has 0 saturated carbocycles. The summed E-state index contributed by atoms with van der Waals surface area (Å²) in [7, 11) is 0. The summed E-state index contributed by atoms with van der Waals surface area (Å²) in [6.45, 7) is 6.79. The Bertz CT molecular complexity index is 1230. The molecule has 0 spiro atoms. The van der Waals surface area contributed by atoms with Gasteiger partial charge in [-0.05, 0) is 43.5 Å². The lowest BCUT2D eigenvalue weighted by Crippen LogP contribution is -2.48. The molecule has 7 nitrogen and oxygen atoms in total. The third kappa shape index (κ3) is 6.72. The Kier molecular flexibility index (Phi) is 9.13. The number of hydrogen-bond acceptors (Lipinski definition) is 7. The van der Waals surface area contributed by atoms with Crippen LogP contribution in [-0.2, 0) is 6.18 Å². The lowest BCUT2D eigenvalue weighted by Gasteiger charge is -2.36. The van der Waals surface area contributed by atoms with Crippen LogP contribution in [0.3, 0.4) is 0 Å². The molecular weight excluding hydrogens is 517 g/mol. The first kappa shape index (κ1) is 28.4. The molecular formula is C27H32F5N7. The van der Waals surface area contributed by atoms with Crippen LogP contribution in [0.2, 0.25) is 0 Å². The van der Waals surface area contributed by atoms with Gasteiger partial charge in [0, 0.05) is 51.9 Å². The molecule has 0 bridgehead atoms. The third-order valence-electron chi connectivity index (χ3n) is 6.59. The normalized spacial score (nSPS) is 21.1. The van der Waals surface area contributed by atoms with Crippen LogP contribution in [-0.4, -0.2) is 59.2 Å². The molecule has 39 heavy (non-hydrogen) atoms. The predicted molar refractivity (Wildman–Crippen MR) is 142 cm³/mol. The summed E-state index contributed by atoms with van der Waals surface area (Å²) in [6, 6.07) is 2.30. The van der Waals surface area contributed by atoms with Gasteiger partial charge in [-0.2, -0.15) is 28.1 Å². The highest BCUT2D eigenvalue weighted by molar-refractivity contribution is 5.74. The lowest BCUT2D eigenvalue weighted by atomic mass is 10.1. The number of alkyl halides is 3. The predicted octanol–water partition coefficient (Wildman–Crippen LogP) is 6.12. The molecule has 2 aromatic rings. The average molecular weight is 550 g/mol. The molecule has 0 amide bonds. The molecule has 2 aliphatic heterocycles. The van der Waals surface area contributed by atoms with Crippen molar-refractivity contribution in [2.45, 2.75) is 45.7 Å². The number of nitrogens with zero attached hydrogens (tertiary/aromatic N) is 7. The summed E-state index contributed by atoms with van der Waals surface area (Å²) < 4.78 is 69.1. The minimum atomic E-state index is -4.50. The number of aromatic nitrogens is 4. The Morgan fingerprint density at radius 1 is 0.769 bits per heavy atom. The summed E-state index contributed by atoms with van der Waals surface area (Å²) in [5, 5.41) is 0. The van der Waals surface area contributed by atoms with Gasteiger partial charge in [0.2, 0.25) is 11.9 Å². The van der Waals surface area contributed by atoms with E-state index in [2.05, 4.69) is 19.9 Å². The topological polar surface area (TPSA) is 61.3 Å². The van der Waals surface area contributed by atoms with Crippen LogP contribution in [0.4, 0.5) is 39.7 Å². The van der Waals surface area contributed by atoms with Gasteiger partial charge in [0.1, 0.15) is 17.5 Å². The van der Waals surface area contributed by atoms with Gasteiger partial charge in [-0.1, -0.05) is 19.9 Å². The van der Waals surface area contributed by atoms with Crippen molar-refractivity contribution >= 4 is 23.3 Å². The molecule has 0 atom stereocenters. The minimum Gasteiger partial charge on any atom is -0.353 e. The van der Waals surface area contributed by atoms with E-state index in [-0.39, 0.29) is 43.1 Å². The number of halogens is 5. The summed E-state index contributed by atoms with van der Waals surface area (Å²) in [4.78, 5) is 23.2. The molecule has 2 saturated heterocycles. The molecule has 4 heterocycles. The van der Waals surface area contributed by atoms with Crippen LogP contribution in [0.1, 0.15) is 50.9 Å². The highest BCUT2D eigenvalue weighted by atomic mass is 19.4. The molecule has 210 valence electrons. The van der Waals surface area contributed by atoms with Crippen LogP contribution in [0.5, 0.6) is 0 Å². The Labute approximate surface area is 224 Å². The molecule has 5 rings (SSSR count). The van der Waals surface area contributed by atoms with Crippen LogP contribution < -0.4 is 14.7 Å². The van der Waals surface area contributed by atoms with E-state index in [1.807, 2.05) is 23.6 Å². The molecule has 0 N–H and O–H groups in total. The zero-order valence-electron chi connectivity index (χ0n) is 22.1. The van der Waals surface area contributed by atoms with Gasteiger partial charge in [0.15, 0.2) is 5.82 Å². The zero-order valence-corrected chi connectivity index (χ0v) is 22.1. The van der Waals surface area contributed by atoms with Crippen LogP contribution in [0.25, 0.3) is 5.57 Å². The van der Waals surface area contributed by atoms with E-state index in [4.69, 9.17) is 0 Å². The van der Waals surface area contributed by atoms with Crippen molar-refractivity contribution in [1.82, 2.24) is 19.9 Å². The second-order valence-electron chi connectivity index (χ2n) is 9.06. The number of hydrogen-bond donors (Lipinski definition) is 0. The number of anilines is 3. The van der Waals surface area contributed by atoms with E-state index >= 15 is 0 Å². The van der Waals surface area contributed by atoms with E-state index in [9.17, 15) is 22.0 Å². The quantitative estimate of drug-likeness (QED) is 0.426. The van der Waals surface area contributed by atoms with Crippen molar-refractivity contribution in [1.29, 1.82) is 0 Å². The molecule has 0 radical (unpaired) electrons. The number of rotatable bonds is 4. The first-order valence-corrected chi connectivity index (χ1v) is 13.2. The summed E-state index contributed by atoms with van der Waals surface area (Å²) >= 11 is 0. The summed E-state index contributed by atoms with van der Waals surface area (Å²) in [6.07, 6.45) is 2.98. The van der Waals surface area contributed by atoms with Crippen LogP contribution >= 0.6 is 0 Å². The van der Waals surface area contributed by atoms with Crippen molar-refractivity contribution in [2.24, 2.45) is 0 Å². The smallest absolute Gasteiger partial charge is 0.353 e. The van der Waals surface area contributed by atoms with E-state index in [1.54, 1.807) is 11.0 Å². The maximum Gasteiger partial charge on any atom is 0.419 e. The second kappa shape index (κ2) is 12.5. The van der Waals surface area contributed by atoms with Gasteiger partial charge < -0.3 is 14.7 Å². The molecule has 0 aromatic carbocycles. The first-order chi connectivity index (χ1) is 18.8. The maximum atomic E-state index is 15.0. The Hall–Kier alpha value is -3.57. The van der Waals surface area contributed by atoms with Crippen molar-refractivity contribution in [3.05, 3.63) is 59.6 Å². The third-order valence-corrected chi connectivity index (χ3v) is 6.59. The lowest BCUT2D eigenvalue weighted by molar-refractivity contribution is -0.137. The zero-order chi connectivity index (χ0) is 28.0. The fourth-order valence-corrected chi connectivity index (χ4v) is 4.64. The van der Waals surface area contributed by atoms with Gasteiger partial charge in [0.25, 0.3) is 0 Å². The van der Waals surface area contributed by atoms with Gasteiger partial charge in [0.05, 0.1) is 11.1 Å². The minimum absolute atomic E-state index is 0.101. The largest absolute Gasteiger partial charge is 0.419 e. The van der Waals surface area contributed by atoms with Crippen LogP contribution in [0.15, 0.2) is 48.2 Å². The van der Waals surface area contributed by atoms with Gasteiger partial charge in [-0.15, -0.1) is 0 Å². The summed E-state index contributed by atoms with van der Waals surface area (Å²) in [5.41, 5.74) is -0.596. The highest BCUT2D eigenvalue weighted by Crippen LogP contribution is 2.36. The van der Waals surface area contributed by atoms with E-state index in [1.165, 1.54) is 24.4 Å². The second-order valence-corrected chi connectivity index (χ2v) is 9.06. The molecule has 3 aliphatic rings. The summed E-state index contributed by atoms with van der Waals surface area (Å²) in [5.74, 6) is -0.187. The van der Waals surface area contributed by atoms with Gasteiger partial charge in [-0.25, -0.2) is 13.8 Å². The Morgan fingerprint density at radius 2 is 1.38 bits per heavy atom. The van der Waals surface area contributed by atoms with E-state index in [0.29, 0.717) is 25.0 Å². The molecule has 0 unspecified atom stereocenters. The van der Waals surface area contributed by atoms with E-state index < -0.39 is 23.4 Å². The average Bonchev–Trinajstić information content (AvgIpc) is 3.49.